The smallest absolute Gasteiger partial charge is 0.291 e. The van der Waals surface area contributed by atoms with Crippen molar-refractivity contribution in [3.05, 3.63) is 69.1 Å². The minimum absolute atomic E-state index is 0.00393. The number of nitrogens with zero attached hydrogens (tertiary/aromatic N) is 2. The Labute approximate surface area is 175 Å². The van der Waals surface area contributed by atoms with Gasteiger partial charge in [0.05, 0.1) is 27.5 Å². The highest BCUT2D eigenvalue weighted by atomic mass is 35.5. The van der Waals surface area contributed by atoms with Crippen LogP contribution in [0.4, 0.5) is 5.69 Å². The van der Waals surface area contributed by atoms with E-state index in [9.17, 15) is 13.2 Å². The fourth-order valence-electron chi connectivity index (χ4n) is 2.68. The molecule has 1 aliphatic heterocycles. The molecule has 1 aliphatic rings. The third kappa shape index (κ3) is 3.89. The summed E-state index contributed by atoms with van der Waals surface area (Å²) in [5.74, 6) is 1.03. The lowest BCUT2D eigenvalue weighted by atomic mass is 10.3. The van der Waals surface area contributed by atoms with E-state index in [0.717, 1.165) is 4.68 Å². The first kappa shape index (κ1) is 19.6. The first-order valence-corrected chi connectivity index (χ1v) is 10.6. The van der Waals surface area contributed by atoms with E-state index in [1.54, 1.807) is 18.2 Å². The minimum atomic E-state index is -3.87. The molecule has 0 radical (unpaired) electrons. The zero-order valence-corrected chi connectivity index (χ0v) is 17.0. The Bertz CT molecular complexity index is 1240. The number of hydrogen-bond donors (Lipinski definition) is 1. The summed E-state index contributed by atoms with van der Waals surface area (Å²) in [5, 5.41) is 3.78. The second-order valence-corrected chi connectivity index (χ2v) is 8.45. The molecule has 150 valence electrons. The molecule has 3 aromatic rings. The number of nitrogens with one attached hydrogen (secondary N) is 1. The number of aromatic nitrogens is 2. The van der Waals surface area contributed by atoms with Gasteiger partial charge in [0, 0.05) is 6.07 Å². The summed E-state index contributed by atoms with van der Waals surface area (Å²) in [7, 11) is -3.87. The van der Waals surface area contributed by atoms with Gasteiger partial charge in [-0.15, -0.1) is 0 Å². The zero-order valence-electron chi connectivity index (χ0n) is 14.6. The Kier molecular flexibility index (Phi) is 5.12. The molecule has 0 atom stereocenters. The Morgan fingerprint density at radius 3 is 2.41 bits per heavy atom. The SMILES string of the molecule is O=c1c(Cl)c(Cl)cnn1-c1ccc(S(=O)(=O)Nc2ccc3c(c2)OCCO3)cc1. The summed E-state index contributed by atoms with van der Waals surface area (Å²) in [4.78, 5) is 12.2. The Morgan fingerprint density at radius 2 is 1.69 bits per heavy atom. The molecule has 2 aromatic carbocycles. The van der Waals surface area contributed by atoms with Gasteiger partial charge in [0.15, 0.2) is 11.5 Å². The van der Waals surface area contributed by atoms with Crippen molar-refractivity contribution in [3.63, 3.8) is 0 Å². The Morgan fingerprint density at radius 1 is 1.00 bits per heavy atom. The number of hydrogen-bond acceptors (Lipinski definition) is 6. The van der Waals surface area contributed by atoms with Gasteiger partial charge in [0.2, 0.25) is 0 Å². The molecule has 0 amide bonds. The molecular weight excluding hydrogens is 441 g/mol. The monoisotopic (exact) mass is 453 g/mol. The van der Waals surface area contributed by atoms with Crippen LogP contribution in [-0.4, -0.2) is 31.4 Å². The molecule has 1 N–H and O–H groups in total. The standard InChI is InChI=1S/C18H13Cl2N3O5S/c19-14-10-21-23(18(24)17(14)20)12-2-4-13(5-3-12)29(25,26)22-11-1-6-15-16(9-11)28-8-7-27-15/h1-6,9-10,22H,7-8H2. The highest BCUT2D eigenvalue weighted by Gasteiger charge is 2.18. The van der Waals surface area contributed by atoms with Crippen LogP contribution in [0, 0.1) is 0 Å². The van der Waals surface area contributed by atoms with E-state index >= 15 is 0 Å². The van der Waals surface area contributed by atoms with Gasteiger partial charge in [-0.1, -0.05) is 23.2 Å². The first-order chi connectivity index (χ1) is 13.8. The number of halogens is 2. The van der Waals surface area contributed by atoms with E-state index in [0.29, 0.717) is 36.1 Å². The molecule has 8 nitrogen and oxygen atoms in total. The second kappa shape index (κ2) is 7.58. The van der Waals surface area contributed by atoms with E-state index in [2.05, 4.69) is 9.82 Å². The molecule has 0 saturated carbocycles. The molecule has 0 aliphatic carbocycles. The molecular formula is C18H13Cl2N3O5S. The lowest BCUT2D eigenvalue weighted by Crippen LogP contribution is -2.21. The average Bonchev–Trinajstić information content (AvgIpc) is 2.72. The fourth-order valence-corrected chi connectivity index (χ4v) is 3.99. The van der Waals surface area contributed by atoms with Crippen LogP contribution < -0.4 is 19.8 Å². The highest BCUT2D eigenvalue weighted by Crippen LogP contribution is 2.33. The maximum absolute atomic E-state index is 12.7. The lowest BCUT2D eigenvalue weighted by molar-refractivity contribution is 0.171. The minimum Gasteiger partial charge on any atom is -0.486 e. The van der Waals surface area contributed by atoms with Gasteiger partial charge >= 0.3 is 0 Å². The Balaban J connectivity index is 1.60. The van der Waals surface area contributed by atoms with Gasteiger partial charge in [-0.3, -0.25) is 9.52 Å². The van der Waals surface area contributed by atoms with E-state index in [4.69, 9.17) is 32.7 Å². The van der Waals surface area contributed by atoms with Crippen molar-refractivity contribution in [2.24, 2.45) is 0 Å². The summed E-state index contributed by atoms with van der Waals surface area (Å²) in [6.45, 7) is 0.841. The van der Waals surface area contributed by atoms with Gasteiger partial charge in [-0.05, 0) is 36.4 Å². The van der Waals surface area contributed by atoms with E-state index in [-0.39, 0.29) is 14.9 Å². The number of benzene rings is 2. The van der Waals surface area contributed by atoms with E-state index < -0.39 is 15.6 Å². The third-order valence-electron chi connectivity index (χ3n) is 4.06. The number of rotatable bonds is 4. The topological polar surface area (TPSA) is 99.5 Å². The zero-order chi connectivity index (χ0) is 20.6. The first-order valence-electron chi connectivity index (χ1n) is 8.31. The molecule has 0 fully saturated rings. The normalized spacial score (nSPS) is 13.2. The summed E-state index contributed by atoms with van der Waals surface area (Å²) < 4.78 is 39.7. The van der Waals surface area contributed by atoms with Crippen LogP contribution in [0.2, 0.25) is 10.0 Å². The molecule has 0 saturated heterocycles. The second-order valence-electron chi connectivity index (χ2n) is 5.98. The molecule has 0 bridgehead atoms. The van der Waals surface area contributed by atoms with Crippen LogP contribution in [0.15, 0.2) is 58.4 Å². The van der Waals surface area contributed by atoms with Gasteiger partial charge < -0.3 is 9.47 Å². The molecule has 29 heavy (non-hydrogen) atoms. The van der Waals surface area contributed by atoms with Crippen molar-refractivity contribution in [1.29, 1.82) is 0 Å². The van der Waals surface area contributed by atoms with Crippen LogP contribution in [-0.2, 0) is 10.0 Å². The van der Waals surface area contributed by atoms with Crippen molar-refractivity contribution < 1.29 is 17.9 Å². The number of sulfonamides is 1. The number of ether oxygens (including phenoxy) is 2. The highest BCUT2D eigenvalue weighted by molar-refractivity contribution is 7.92. The van der Waals surface area contributed by atoms with E-state index in [1.807, 2.05) is 0 Å². The van der Waals surface area contributed by atoms with Crippen LogP contribution >= 0.6 is 23.2 Å². The van der Waals surface area contributed by atoms with Gasteiger partial charge in [0.1, 0.15) is 18.2 Å². The van der Waals surface area contributed by atoms with Crippen molar-refractivity contribution in [2.45, 2.75) is 4.90 Å². The lowest BCUT2D eigenvalue weighted by Gasteiger charge is -2.19. The number of anilines is 1. The molecule has 2 heterocycles. The Hall–Kier alpha value is -2.75. The van der Waals surface area contributed by atoms with Crippen molar-refractivity contribution in [3.8, 4) is 17.2 Å². The molecule has 11 heteroatoms. The van der Waals surface area contributed by atoms with Crippen LogP contribution in [0.1, 0.15) is 0 Å². The van der Waals surface area contributed by atoms with Gasteiger partial charge in [-0.25, -0.2) is 8.42 Å². The third-order valence-corrected chi connectivity index (χ3v) is 6.21. The number of fused-ring (bicyclic) bond motifs is 1. The van der Waals surface area contributed by atoms with Crippen LogP contribution in [0.25, 0.3) is 5.69 Å². The van der Waals surface area contributed by atoms with Gasteiger partial charge in [0.25, 0.3) is 15.6 Å². The van der Waals surface area contributed by atoms with Gasteiger partial charge in [-0.2, -0.15) is 9.78 Å². The quantitative estimate of drug-likeness (QED) is 0.651. The molecule has 4 rings (SSSR count). The predicted molar refractivity (Wildman–Crippen MR) is 108 cm³/mol. The summed E-state index contributed by atoms with van der Waals surface area (Å²) in [6.07, 6.45) is 1.24. The van der Waals surface area contributed by atoms with E-state index in [1.165, 1.54) is 30.5 Å². The van der Waals surface area contributed by atoms with Crippen LogP contribution in [0.5, 0.6) is 11.5 Å². The summed E-state index contributed by atoms with van der Waals surface area (Å²) in [6, 6.07) is 10.4. The predicted octanol–water partition coefficient (Wildman–Crippen LogP) is 3.11. The van der Waals surface area contributed by atoms with Crippen LogP contribution in [0.3, 0.4) is 0 Å². The maximum Gasteiger partial charge on any atom is 0.291 e. The average molecular weight is 454 g/mol. The molecule has 0 spiro atoms. The summed E-state index contributed by atoms with van der Waals surface area (Å²) in [5.41, 5.74) is 0.0664. The molecule has 0 unspecified atom stereocenters. The summed E-state index contributed by atoms with van der Waals surface area (Å²) >= 11 is 11.6. The largest absolute Gasteiger partial charge is 0.486 e. The van der Waals surface area contributed by atoms with Crippen molar-refractivity contribution in [2.75, 3.05) is 17.9 Å². The fraction of sp³-hybridized carbons (Fsp3) is 0.111. The maximum atomic E-state index is 12.7. The van der Waals surface area contributed by atoms with Crippen molar-refractivity contribution >= 4 is 38.9 Å². The molecule has 1 aromatic heterocycles. The van der Waals surface area contributed by atoms with Crippen molar-refractivity contribution in [1.82, 2.24) is 9.78 Å².